The zero-order valence-corrected chi connectivity index (χ0v) is 11.6. The van der Waals surface area contributed by atoms with Crippen LogP contribution in [0.15, 0.2) is 17.7 Å². The summed E-state index contributed by atoms with van der Waals surface area (Å²) in [6, 6.07) is 3.18. The second kappa shape index (κ2) is 5.35. The first-order valence-electron chi connectivity index (χ1n) is 5.44. The third-order valence-corrected chi connectivity index (χ3v) is 2.94. The molecule has 1 N–H and O–H groups in total. The van der Waals surface area contributed by atoms with E-state index in [0.29, 0.717) is 5.57 Å². The minimum Gasteiger partial charge on any atom is -0.477 e. The number of thiophene rings is 1. The predicted octanol–water partition coefficient (Wildman–Crippen LogP) is 3.19. The molecule has 0 saturated carbocycles. The van der Waals surface area contributed by atoms with Gasteiger partial charge in [0.25, 0.3) is 0 Å². The molecule has 1 aromatic rings. The maximum absolute atomic E-state index is 11.7. The molecule has 0 unspecified atom stereocenters. The molecule has 1 aromatic heterocycles. The van der Waals surface area contributed by atoms with Crippen LogP contribution in [0.25, 0.3) is 6.08 Å². The molecule has 0 radical (unpaired) electrons. The Kier molecular flexibility index (Phi) is 4.29. The Labute approximate surface area is 110 Å². The van der Waals surface area contributed by atoms with Crippen molar-refractivity contribution in [2.45, 2.75) is 33.3 Å². The SMILES string of the molecule is C/C(=C\c1ccc(C(=O)O)s1)C(=O)OC(C)(C)C. The first-order valence-corrected chi connectivity index (χ1v) is 6.25. The van der Waals surface area contributed by atoms with E-state index in [2.05, 4.69) is 0 Å². The molecule has 0 fully saturated rings. The van der Waals surface area contributed by atoms with Crippen LogP contribution < -0.4 is 0 Å². The second-order valence-electron chi connectivity index (χ2n) is 4.84. The third kappa shape index (κ3) is 4.33. The number of carbonyl (C=O) groups is 2. The highest BCUT2D eigenvalue weighted by atomic mass is 32.1. The van der Waals surface area contributed by atoms with Gasteiger partial charge in [-0.15, -0.1) is 11.3 Å². The second-order valence-corrected chi connectivity index (χ2v) is 5.95. The number of hydrogen-bond donors (Lipinski definition) is 1. The van der Waals surface area contributed by atoms with E-state index in [1.807, 2.05) is 0 Å². The highest BCUT2D eigenvalue weighted by Gasteiger charge is 2.17. The molecule has 0 aromatic carbocycles. The van der Waals surface area contributed by atoms with Gasteiger partial charge >= 0.3 is 11.9 Å². The lowest BCUT2D eigenvalue weighted by atomic mass is 10.2. The molecule has 0 aliphatic rings. The number of esters is 1. The zero-order chi connectivity index (χ0) is 13.9. The van der Waals surface area contributed by atoms with E-state index in [1.54, 1.807) is 39.8 Å². The molecule has 0 aliphatic carbocycles. The minimum absolute atomic E-state index is 0.248. The van der Waals surface area contributed by atoms with Crippen molar-refractivity contribution < 1.29 is 19.4 Å². The van der Waals surface area contributed by atoms with E-state index >= 15 is 0 Å². The molecule has 0 saturated heterocycles. The summed E-state index contributed by atoms with van der Waals surface area (Å²) >= 11 is 1.12. The summed E-state index contributed by atoms with van der Waals surface area (Å²) in [5.74, 6) is -1.36. The fourth-order valence-electron chi connectivity index (χ4n) is 1.18. The van der Waals surface area contributed by atoms with Crippen molar-refractivity contribution in [3.63, 3.8) is 0 Å². The number of carboxylic acids is 1. The lowest BCUT2D eigenvalue weighted by molar-refractivity contribution is -0.149. The van der Waals surface area contributed by atoms with Crippen LogP contribution in [0.4, 0.5) is 0 Å². The molecule has 1 rings (SSSR count). The van der Waals surface area contributed by atoms with E-state index in [0.717, 1.165) is 16.2 Å². The van der Waals surface area contributed by atoms with E-state index in [1.165, 1.54) is 6.07 Å². The van der Waals surface area contributed by atoms with Crippen molar-refractivity contribution in [2.75, 3.05) is 0 Å². The zero-order valence-electron chi connectivity index (χ0n) is 10.8. The lowest BCUT2D eigenvalue weighted by Crippen LogP contribution is -2.24. The Bertz CT molecular complexity index is 491. The van der Waals surface area contributed by atoms with E-state index < -0.39 is 17.5 Å². The van der Waals surface area contributed by atoms with Crippen LogP contribution in [0.3, 0.4) is 0 Å². The summed E-state index contributed by atoms with van der Waals surface area (Å²) in [6.07, 6.45) is 1.63. The van der Waals surface area contributed by atoms with E-state index in [4.69, 9.17) is 9.84 Å². The van der Waals surface area contributed by atoms with Crippen LogP contribution >= 0.6 is 11.3 Å². The van der Waals surface area contributed by atoms with Gasteiger partial charge in [-0.3, -0.25) is 0 Å². The van der Waals surface area contributed by atoms with Crippen molar-refractivity contribution in [1.82, 2.24) is 0 Å². The van der Waals surface area contributed by atoms with Gasteiger partial charge in [0.15, 0.2) is 0 Å². The summed E-state index contributed by atoms with van der Waals surface area (Å²) in [7, 11) is 0. The van der Waals surface area contributed by atoms with Gasteiger partial charge in [-0.1, -0.05) is 0 Å². The van der Waals surface area contributed by atoms with Crippen LogP contribution in [-0.2, 0) is 9.53 Å². The smallest absolute Gasteiger partial charge is 0.345 e. The van der Waals surface area contributed by atoms with E-state index in [-0.39, 0.29) is 4.88 Å². The van der Waals surface area contributed by atoms with Gasteiger partial charge in [0.05, 0.1) is 0 Å². The molecule has 5 heteroatoms. The molecule has 0 aliphatic heterocycles. The highest BCUT2D eigenvalue weighted by Crippen LogP contribution is 2.20. The number of carboxylic acid groups (broad SMARTS) is 1. The fourth-order valence-corrected chi connectivity index (χ4v) is 2.03. The van der Waals surface area contributed by atoms with Crippen molar-refractivity contribution in [3.05, 3.63) is 27.5 Å². The number of aromatic carboxylic acids is 1. The average molecular weight is 268 g/mol. The fraction of sp³-hybridized carbons (Fsp3) is 0.385. The molecule has 0 atom stereocenters. The molecule has 4 nitrogen and oxygen atoms in total. The average Bonchev–Trinajstić information content (AvgIpc) is 2.63. The summed E-state index contributed by atoms with van der Waals surface area (Å²) in [5.41, 5.74) is -0.0860. The number of hydrogen-bond acceptors (Lipinski definition) is 4. The molecule has 98 valence electrons. The van der Waals surface area contributed by atoms with Gasteiger partial charge in [-0.25, -0.2) is 9.59 Å². The summed E-state index contributed by atoms with van der Waals surface area (Å²) < 4.78 is 5.21. The minimum atomic E-state index is -0.963. The van der Waals surface area contributed by atoms with Crippen LogP contribution in [0.1, 0.15) is 42.2 Å². The van der Waals surface area contributed by atoms with Crippen molar-refractivity contribution in [2.24, 2.45) is 0 Å². The quantitative estimate of drug-likeness (QED) is 0.675. The highest BCUT2D eigenvalue weighted by molar-refractivity contribution is 7.14. The van der Waals surface area contributed by atoms with Crippen LogP contribution in [0.2, 0.25) is 0 Å². The predicted molar refractivity (Wildman–Crippen MR) is 70.8 cm³/mol. The Hall–Kier alpha value is -1.62. The van der Waals surface area contributed by atoms with Crippen LogP contribution in [-0.4, -0.2) is 22.6 Å². The molecule has 0 amide bonds. The maximum atomic E-state index is 11.7. The molecular formula is C13H16O4S. The van der Waals surface area contributed by atoms with Gasteiger partial charge in [0, 0.05) is 10.5 Å². The van der Waals surface area contributed by atoms with Crippen molar-refractivity contribution in [1.29, 1.82) is 0 Å². The van der Waals surface area contributed by atoms with Crippen LogP contribution in [0, 0.1) is 0 Å². The Morgan fingerprint density at radius 3 is 2.39 bits per heavy atom. The number of ether oxygens (including phenoxy) is 1. The molecule has 1 heterocycles. The molecule has 0 spiro atoms. The standard InChI is InChI=1S/C13H16O4S/c1-8(12(16)17-13(2,3)4)7-9-5-6-10(18-9)11(14)15/h5-7H,1-4H3,(H,14,15)/b8-7+. The van der Waals surface area contributed by atoms with E-state index in [9.17, 15) is 9.59 Å². The monoisotopic (exact) mass is 268 g/mol. The van der Waals surface area contributed by atoms with Crippen LogP contribution in [0.5, 0.6) is 0 Å². The van der Waals surface area contributed by atoms with Gasteiger partial charge in [0.2, 0.25) is 0 Å². The first kappa shape index (κ1) is 14.4. The maximum Gasteiger partial charge on any atom is 0.345 e. The topological polar surface area (TPSA) is 63.6 Å². The normalized spacial score (nSPS) is 12.3. The third-order valence-electron chi connectivity index (χ3n) is 1.92. The van der Waals surface area contributed by atoms with Gasteiger partial charge in [-0.2, -0.15) is 0 Å². The molecular weight excluding hydrogens is 252 g/mol. The molecule has 0 bridgehead atoms. The van der Waals surface area contributed by atoms with Gasteiger partial charge < -0.3 is 9.84 Å². The number of carbonyl (C=O) groups excluding carboxylic acids is 1. The Balaban J connectivity index is 2.82. The Morgan fingerprint density at radius 2 is 1.94 bits per heavy atom. The van der Waals surface area contributed by atoms with Gasteiger partial charge in [0.1, 0.15) is 10.5 Å². The largest absolute Gasteiger partial charge is 0.477 e. The van der Waals surface area contributed by atoms with Crippen molar-refractivity contribution >= 4 is 29.4 Å². The first-order chi connectivity index (χ1) is 8.19. The summed E-state index contributed by atoms with van der Waals surface area (Å²) in [6.45, 7) is 7.04. The van der Waals surface area contributed by atoms with Gasteiger partial charge in [-0.05, 0) is 45.9 Å². The lowest BCUT2D eigenvalue weighted by Gasteiger charge is -2.19. The Morgan fingerprint density at radius 1 is 1.33 bits per heavy atom. The summed E-state index contributed by atoms with van der Waals surface area (Å²) in [5, 5.41) is 8.79. The van der Waals surface area contributed by atoms with Crippen molar-refractivity contribution in [3.8, 4) is 0 Å². The molecule has 18 heavy (non-hydrogen) atoms. The number of rotatable bonds is 3. The summed E-state index contributed by atoms with van der Waals surface area (Å²) in [4.78, 5) is 23.4.